The van der Waals surface area contributed by atoms with E-state index in [1.807, 2.05) is 84.9 Å². The molecule has 0 aliphatic carbocycles. The number of ether oxygens (including phenoxy) is 4. The van der Waals surface area contributed by atoms with Gasteiger partial charge >= 0.3 is 12.1 Å². The van der Waals surface area contributed by atoms with Crippen LogP contribution in [0.4, 0.5) is 4.79 Å². The standard InChI is InChI=1S/C41H32O6/c1-29(42)45-37-21-13-30(14-22-37)31-15-23-38(24-16-31)46-40(43)47-39-27-19-35(20-28-39)41(32-9-5-3-6-10-32,33-11-7-4-8-12-33)34-17-25-36(44-2)26-18-34/h3-28H,1-2H3. The van der Waals surface area contributed by atoms with Crippen molar-refractivity contribution in [2.75, 3.05) is 7.11 Å². The Morgan fingerprint density at radius 1 is 0.426 bits per heavy atom. The van der Waals surface area contributed by atoms with E-state index in [2.05, 4.69) is 36.4 Å². The number of hydrogen-bond donors (Lipinski definition) is 0. The third-order valence-corrected chi connectivity index (χ3v) is 7.93. The Hall–Kier alpha value is -6.14. The molecule has 0 aromatic heterocycles. The molecule has 6 nitrogen and oxygen atoms in total. The second-order valence-corrected chi connectivity index (χ2v) is 10.8. The topological polar surface area (TPSA) is 71.1 Å². The first-order chi connectivity index (χ1) is 22.9. The zero-order valence-corrected chi connectivity index (χ0v) is 26.0. The van der Waals surface area contributed by atoms with Crippen LogP contribution >= 0.6 is 0 Å². The molecule has 0 unspecified atom stereocenters. The molecule has 0 radical (unpaired) electrons. The molecule has 0 atom stereocenters. The highest BCUT2D eigenvalue weighted by Gasteiger charge is 2.38. The van der Waals surface area contributed by atoms with Gasteiger partial charge in [0.15, 0.2) is 0 Å². The number of carbonyl (C=O) groups excluding carboxylic acids is 2. The van der Waals surface area contributed by atoms with E-state index >= 15 is 0 Å². The lowest BCUT2D eigenvalue weighted by Crippen LogP contribution is -2.31. The minimum absolute atomic E-state index is 0.346. The van der Waals surface area contributed by atoms with Gasteiger partial charge in [0.1, 0.15) is 23.0 Å². The highest BCUT2D eigenvalue weighted by molar-refractivity contribution is 5.71. The molecule has 0 amide bonds. The van der Waals surface area contributed by atoms with Gasteiger partial charge in [-0.3, -0.25) is 4.79 Å². The summed E-state index contributed by atoms with van der Waals surface area (Å²) in [5, 5.41) is 0. The molecular weight excluding hydrogens is 588 g/mol. The summed E-state index contributed by atoms with van der Waals surface area (Å²) in [7, 11) is 1.66. The molecule has 6 aromatic carbocycles. The summed E-state index contributed by atoms with van der Waals surface area (Å²) < 4.78 is 21.6. The number of rotatable bonds is 9. The first-order valence-corrected chi connectivity index (χ1v) is 15.1. The lowest BCUT2D eigenvalue weighted by Gasteiger charge is -2.37. The van der Waals surface area contributed by atoms with E-state index < -0.39 is 11.6 Å². The van der Waals surface area contributed by atoms with Gasteiger partial charge in [0.2, 0.25) is 0 Å². The molecule has 0 spiro atoms. The van der Waals surface area contributed by atoms with Gasteiger partial charge in [0.25, 0.3) is 0 Å². The van der Waals surface area contributed by atoms with Crippen LogP contribution in [0.1, 0.15) is 29.2 Å². The first kappa shape index (κ1) is 30.9. The number of benzene rings is 6. The Morgan fingerprint density at radius 2 is 0.766 bits per heavy atom. The maximum Gasteiger partial charge on any atom is 0.519 e. The Balaban J connectivity index is 1.23. The van der Waals surface area contributed by atoms with Crippen LogP contribution in [0.2, 0.25) is 0 Å². The lowest BCUT2D eigenvalue weighted by molar-refractivity contribution is -0.131. The van der Waals surface area contributed by atoms with E-state index in [4.69, 9.17) is 18.9 Å². The second kappa shape index (κ2) is 13.9. The summed E-state index contributed by atoms with van der Waals surface area (Å²) in [5.41, 5.74) is 5.42. The van der Waals surface area contributed by atoms with E-state index in [9.17, 15) is 9.59 Å². The number of methoxy groups -OCH3 is 1. The largest absolute Gasteiger partial charge is 0.519 e. The van der Waals surface area contributed by atoms with Crippen molar-refractivity contribution < 1.29 is 28.5 Å². The molecule has 47 heavy (non-hydrogen) atoms. The quantitative estimate of drug-likeness (QED) is 0.0695. The van der Waals surface area contributed by atoms with Crippen LogP contribution in [0, 0.1) is 0 Å². The van der Waals surface area contributed by atoms with Gasteiger partial charge in [-0.2, -0.15) is 0 Å². The summed E-state index contributed by atoms with van der Waals surface area (Å²) in [4.78, 5) is 23.9. The highest BCUT2D eigenvalue weighted by atomic mass is 16.7. The van der Waals surface area contributed by atoms with Crippen molar-refractivity contribution in [3.05, 3.63) is 180 Å². The van der Waals surface area contributed by atoms with Crippen LogP contribution in [0.25, 0.3) is 11.1 Å². The van der Waals surface area contributed by atoms with Gasteiger partial charge in [0, 0.05) is 6.92 Å². The minimum atomic E-state index is -0.844. The van der Waals surface area contributed by atoms with Gasteiger partial charge < -0.3 is 18.9 Å². The molecule has 0 fully saturated rings. The van der Waals surface area contributed by atoms with Crippen LogP contribution in [0.5, 0.6) is 23.0 Å². The minimum Gasteiger partial charge on any atom is -0.497 e. The Bertz CT molecular complexity index is 1890. The summed E-state index contributed by atoms with van der Waals surface area (Å²) >= 11 is 0. The summed E-state index contributed by atoms with van der Waals surface area (Å²) in [6.07, 6.45) is -0.844. The predicted octanol–water partition coefficient (Wildman–Crippen LogP) is 9.25. The molecule has 0 N–H and O–H groups in total. The molecule has 0 saturated carbocycles. The van der Waals surface area contributed by atoms with E-state index in [0.717, 1.165) is 39.1 Å². The van der Waals surface area contributed by atoms with E-state index in [1.54, 1.807) is 43.5 Å². The monoisotopic (exact) mass is 620 g/mol. The van der Waals surface area contributed by atoms with Gasteiger partial charge in [-0.15, -0.1) is 0 Å². The fourth-order valence-corrected chi connectivity index (χ4v) is 5.80. The molecule has 0 saturated heterocycles. The summed E-state index contributed by atoms with van der Waals surface area (Å²) in [6, 6.07) is 50.5. The average molecular weight is 621 g/mol. The number of carbonyl (C=O) groups is 2. The molecule has 6 aromatic rings. The molecule has 0 aliphatic heterocycles. The molecule has 6 heteroatoms. The van der Waals surface area contributed by atoms with Gasteiger partial charge in [-0.05, 0) is 81.9 Å². The lowest BCUT2D eigenvalue weighted by atomic mass is 9.65. The van der Waals surface area contributed by atoms with Crippen LogP contribution in [0.15, 0.2) is 158 Å². The average Bonchev–Trinajstić information content (AvgIpc) is 3.11. The molecular formula is C41H32O6. The van der Waals surface area contributed by atoms with Crippen molar-refractivity contribution in [3.8, 4) is 34.1 Å². The zero-order valence-electron chi connectivity index (χ0n) is 26.0. The van der Waals surface area contributed by atoms with Crippen LogP contribution in [0.3, 0.4) is 0 Å². The third-order valence-electron chi connectivity index (χ3n) is 7.93. The Morgan fingerprint density at radius 3 is 1.15 bits per heavy atom. The Kier molecular flexibility index (Phi) is 9.11. The number of esters is 1. The summed E-state index contributed by atoms with van der Waals surface area (Å²) in [5.74, 6) is 1.58. The highest BCUT2D eigenvalue weighted by Crippen LogP contribution is 2.45. The van der Waals surface area contributed by atoms with Gasteiger partial charge in [-0.25, -0.2) is 4.79 Å². The zero-order chi connectivity index (χ0) is 32.6. The van der Waals surface area contributed by atoms with Crippen LogP contribution in [-0.4, -0.2) is 19.2 Å². The molecule has 0 aliphatic rings. The third kappa shape index (κ3) is 6.77. The van der Waals surface area contributed by atoms with Gasteiger partial charge in [-0.1, -0.05) is 109 Å². The molecule has 232 valence electrons. The molecule has 0 bridgehead atoms. The van der Waals surface area contributed by atoms with Crippen molar-refractivity contribution in [1.29, 1.82) is 0 Å². The molecule has 0 heterocycles. The van der Waals surface area contributed by atoms with Crippen molar-refractivity contribution in [2.24, 2.45) is 0 Å². The molecule has 6 rings (SSSR count). The van der Waals surface area contributed by atoms with Crippen molar-refractivity contribution in [2.45, 2.75) is 12.3 Å². The van der Waals surface area contributed by atoms with Crippen LogP contribution in [-0.2, 0) is 10.2 Å². The predicted molar refractivity (Wildman–Crippen MR) is 181 cm³/mol. The summed E-state index contributed by atoms with van der Waals surface area (Å²) in [6.45, 7) is 1.36. The van der Waals surface area contributed by atoms with E-state index in [1.165, 1.54) is 6.92 Å². The van der Waals surface area contributed by atoms with Gasteiger partial charge in [0.05, 0.1) is 12.5 Å². The Labute approximate surface area is 273 Å². The van der Waals surface area contributed by atoms with Crippen LogP contribution < -0.4 is 18.9 Å². The van der Waals surface area contributed by atoms with Crippen molar-refractivity contribution >= 4 is 12.1 Å². The fraction of sp³-hybridized carbons (Fsp3) is 0.0732. The van der Waals surface area contributed by atoms with Crippen molar-refractivity contribution in [1.82, 2.24) is 0 Å². The SMILES string of the molecule is COc1ccc(C(c2ccccc2)(c2ccccc2)c2ccc(OC(=O)Oc3ccc(-c4ccc(OC(C)=O)cc4)cc3)cc2)cc1. The normalized spacial score (nSPS) is 10.9. The van der Waals surface area contributed by atoms with Crippen molar-refractivity contribution in [3.63, 3.8) is 0 Å². The maximum absolute atomic E-state index is 12.8. The van der Waals surface area contributed by atoms with E-state index in [0.29, 0.717) is 17.2 Å². The first-order valence-electron chi connectivity index (χ1n) is 15.1. The fourth-order valence-electron chi connectivity index (χ4n) is 5.80. The van der Waals surface area contributed by atoms with E-state index in [-0.39, 0.29) is 5.97 Å². The second-order valence-electron chi connectivity index (χ2n) is 10.8. The maximum atomic E-state index is 12.8. The smallest absolute Gasteiger partial charge is 0.497 e. The number of hydrogen-bond acceptors (Lipinski definition) is 6.